The number of nitrogens with zero attached hydrogens (tertiary/aromatic N) is 3. The van der Waals surface area contributed by atoms with E-state index in [0.29, 0.717) is 13.1 Å². The molecule has 0 aromatic carbocycles. The first-order valence-electron chi connectivity index (χ1n) is 6.45. The minimum absolute atomic E-state index is 0.418. The van der Waals surface area contributed by atoms with Crippen LogP contribution in [0.2, 0.25) is 0 Å². The van der Waals surface area contributed by atoms with E-state index in [0.717, 1.165) is 11.5 Å². The molecule has 20 heavy (non-hydrogen) atoms. The molecule has 0 radical (unpaired) electrons. The van der Waals surface area contributed by atoms with Crippen molar-refractivity contribution in [2.24, 2.45) is 0 Å². The van der Waals surface area contributed by atoms with Crippen molar-refractivity contribution < 1.29 is 9.53 Å². The van der Waals surface area contributed by atoms with Gasteiger partial charge in [0, 0.05) is 25.4 Å². The molecule has 0 aliphatic rings. The van der Waals surface area contributed by atoms with Crippen LogP contribution in [0.3, 0.4) is 0 Å². The highest BCUT2D eigenvalue weighted by Gasteiger charge is 2.15. The van der Waals surface area contributed by atoms with Crippen molar-refractivity contribution in [3.63, 3.8) is 0 Å². The maximum Gasteiger partial charge on any atom is 0.407 e. The Morgan fingerprint density at radius 1 is 1.35 bits per heavy atom. The summed E-state index contributed by atoms with van der Waals surface area (Å²) in [6.07, 6.45) is 3.10. The Labute approximate surface area is 117 Å². The van der Waals surface area contributed by atoms with Crippen molar-refractivity contribution in [1.29, 1.82) is 0 Å². The molecule has 7 nitrogen and oxygen atoms in total. The van der Waals surface area contributed by atoms with Crippen LogP contribution in [0.5, 0.6) is 0 Å². The van der Waals surface area contributed by atoms with E-state index in [-0.39, 0.29) is 0 Å². The van der Waals surface area contributed by atoms with Gasteiger partial charge in [-0.05, 0) is 26.8 Å². The van der Waals surface area contributed by atoms with Gasteiger partial charge in [0.05, 0.1) is 6.20 Å². The molecule has 2 heterocycles. The second kappa shape index (κ2) is 5.77. The predicted molar refractivity (Wildman–Crippen MR) is 75.7 cm³/mol. The van der Waals surface area contributed by atoms with Gasteiger partial charge in [0.25, 0.3) is 0 Å². The van der Waals surface area contributed by atoms with Crippen LogP contribution in [-0.4, -0.2) is 39.4 Å². The molecule has 7 heteroatoms. The topological polar surface area (TPSA) is 80.5 Å². The normalized spacial score (nSPS) is 11.3. The van der Waals surface area contributed by atoms with E-state index in [1.165, 1.54) is 0 Å². The Balaban J connectivity index is 1.74. The molecule has 2 N–H and O–H groups in total. The molecule has 2 aromatic heterocycles. The van der Waals surface area contributed by atoms with Gasteiger partial charge in [0.2, 0.25) is 0 Å². The van der Waals surface area contributed by atoms with E-state index in [2.05, 4.69) is 20.7 Å². The first-order chi connectivity index (χ1) is 9.44. The molecule has 0 atom stereocenters. The number of hydrogen-bond acceptors (Lipinski definition) is 5. The van der Waals surface area contributed by atoms with Gasteiger partial charge in [-0.1, -0.05) is 0 Å². The lowest BCUT2D eigenvalue weighted by molar-refractivity contribution is 0.0530. The number of carbonyl (C=O) groups excluding carboxylic acids is 1. The molecule has 1 amide bonds. The summed E-state index contributed by atoms with van der Waals surface area (Å²) in [5.74, 6) is 0.740. The predicted octanol–water partition coefficient (Wildman–Crippen LogP) is 1.67. The molecule has 2 aromatic rings. The minimum atomic E-state index is -0.480. The van der Waals surface area contributed by atoms with Gasteiger partial charge in [-0.2, -0.15) is 5.10 Å². The monoisotopic (exact) mass is 277 g/mol. The molecule has 0 saturated carbocycles. The lowest BCUT2D eigenvalue weighted by atomic mass is 10.2. The smallest absolute Gasteiger partial charge is 0.407 e. The highest BCUT2D eigenvalue weighted by atomic mass is 16.6. The zero-order valence-electron chi connectivity index (χ0n) is 11.9. The third-order valence-corrected chi connectivity index (χ3v) is 2.36. The summed E-state index contributed by atoms with van der Waals surface area (Å²) in [6, 6.07) is 3.65. The zero-order chi connectivity index (χ0) is 14.6. The standard InChI is InChI=1S/C13H19N5O2/c1-13(2,3)20-12(19)15-8-7-14-10-5-9-18-11(17-10)4-6-16-18/h4-6,9H,7-8H2,1-3H3,(H,14,17)(H,15,19). The van der Waals surface area contributed by atoms with Crippen LogP contribution in [0.15, 0.2) is 24.5 Å². The number of alkyl carbamates (subject to hydrolysis) is 1. The summed E-state index contributed by atoms with van der Waals surface area (Å²) in [5.41, 5.74) is 0.293. The Kier molecular flexibility index (Phi) is 4.07. The molecule has 0 fully saturated rings. The van der Waals surface area contributed by atoms with E-state index < -0.39 is 11.7 Å². The molecular formula is C13H19N5O2. The van der Waals surface area contributed by atoms with E-state index >= 15 is 0 Å². The van der Waals surface area contributed by atoms with Crippen LogP contribution in [0.1, 0.15) is 20.8 Å². The van der Waals surface area contributed by atoms with Crippen molar-refractivity contribution in [2.45, 2.75) is 26.4 Å². The van der Waals surface area contributed by atoms with Crippen LogP contribution >= 0.6 is 0 Å². The number of aromatic nitrogens is 3. The molecule has 0 aliphatic heterocycles. The number of carbonyl (C=O) groups is 1. The lowest BCUT2D eigenvalue weighted by Crippen LogP contribution is -2.35. The third-order valence-electron chi connectivity index (χ3n) is 2.36. The van der Waals surface area contributed by atoms with Crippen LogP contribution in [0, 0.1) is 0 Å². The Morgan fingerprint density at radius 2 is 2.15 bits per heavy atom. The number of anilines is 1. The summed E-state index contributed by atoms with van der Waals surface area (Å²) in [5, 5.41) is 9.86. The van der Waals surface area contributed by atoms with Crippen LogP contribution < -0.4 is 10.6 Å². The molecule has 108 valence electrons. The van der Waals surface area contributed by atoms with Gasteiger partial charge in [0.1, 0.15) is 11.4 Å². The lowest BCUT2D eigenvalue weighted by Gasteiger charge is -2.19. The SMILES string of the molecule is CC(C)(C)OC(=O)NCCNc1ccn2nccc2n1. The van der Waals surface area contributed by atoms with Gasteiger partial charge in [0.15, 0.2) is 5.65 Å². The maximum absolute atomic E-state index is 11.4. The highest BCUT2D eigenvalue weighted by Crippen LogP contribution is 2.06. The van der Waals surface area contributed by atoms with Crippen molar-refractivity contribution in [3.8, 4) is 0 Å². The van der Waals surface area contributed by atoms with Crippen molar-refractivity contribution in [2.75, 3.05) is 18.4 Å². The third kappa shape index (κ3) is 4.11. The van der Waals surface area contributed by atoms with E-state index in [1.54, 1.807) is 10.7 Å². The quantitative estimate of drug-likeness (QED) is 0.831. The molecule has 2 rings (SSSR count). The molecule has 0 aliphatic carbocycles. The summed E-state index contributed by atoms with van der Waals surface area (Å²) >= 11 is 0. The molecule has 0 unspecified atom stereocenters. The zero-order valence-corrected chi connectivity index (χ0v) is 11.9. The second-order valence-corrected chi connectivity index (χ2v) is 5.30. The van der Waals surface area contributed by atoms with Gasteiger partial charge in [-0.25, -0.2) is 14.3 Å². The highest BCUT2D eigenvalue weighted by molar-refractivity contribution is 5.67. The fraction of sp³-hybridized carbons (Fsp3) is 0.462. The molecular weight excluding hydrogens is 258 g/mol. The van der Waals surface area contributed by atoms with Crippen molar-refractivity contribution in [1.82, 2.24) is 19.9 Å². The fourth-order valence-corrected chi connectivity index (χ4v) is 1.58. The molecule has 0 spiro atoms. The van der Waals surface area contributed by atoms with Crippen LogP contribution in [0.4, 0.5) is 10.6 Å². The molecule has 0 saturated heterocycles. The van der Waals surface area contributed by atoms with Crippen LogP contribution in [-0.2, 0) is 4.74 Å². The number of hydrogen-bond donors (Lipinski definition) is 2. The number of ether oxygens (including phenoxy) is 1. The second-order valence-electron chi connectivity index (χ2n) is 5.30. The average Bonchev–Trinajstić information content (AvgIpc) is 2.79. The largest absolute Gasteiger partial charge is 0.444 e. The van der Waals surface area contributed by atoms with Gasteiger partial charge >= 0.3 is 6.09 Å². The van der Waals surface area contributed by atoms with E-state index in [1.807, 2.05) is 39.1 Å². The Bertz CT molecular complexity index is 588. The van der Waals surface area contributed by atoms with Gasteiger partial charge < -0.3 is 15.4 Å². The number of amides is 1. The summed E-state index contributed by atoms with van der Waals surface area (Å²) in [4.78, 5) is 15.8. The summed E-state index contributed by atoms with van der Waals surface area (Å²) in [7, 11) is 0. The first-order valence-corrected chi connectivity index (χ1v) is 6.45. The fourth-order valence-electron chi connectivity index (χ4n) is 1.58. The summed E-state index contributed by atoms with van der Waals surface area (Å²) < 4.78 is 6.82. The van der Waals surface area contributed by atoms with E-state index in [4.69, 9.17) is 4.74 Å². The van der Waals surface area contributed by atoms with Gasteiger partial charge in [-0.3, -0.25) is 0 Å². The van der Waals surface area contributed by atoms with Crippen molar-refractivity contribution in [3.05, 3.63) is 24.5 Å². The Hall–Kier alpha value is -2.31. The number of rotatable bonds is 4. The first kappa shape index (κ1) is 14.1. The minimum Gasteiger partial charge on any atom is -0.444 e. The van der Waals surface area contributed by atoms with E-state index in [9.17, 15) is 4.79 Å². The van der Waals surface area contributed by atoms with Crippen molar-refractivity contribution >= 4 is 17.6 Å². The number of nitrogens with one attached hydrogen (secondary N) is 2. The van der Waals surface area contributed by atoms with Gasteiger partial charge in [-0.15, -0.1) is 0 Å². The number of fused-ring (bicyclic) bond motifs is 1. The maximum atomic E-state index is 11.4. The average molecular weight is 277 g/mol. The molecule has 0 bridgehead atoms. The van der Waals surface area contributed by atoms with Crippen LogP contribution in [0.25, 0.3) is 5.65 Å². The summed E-state index contributed by atoms with van der Waals surface area (Å²) in [6.45, 7) is 6.51. The Morgan fingerprint density at radius 3 is 2.90 bits per heavy atom.